The van der Waals surface area contributed by atoms with Crippen molar-refractivity contribution in [1.29, 1.82) is 0 Å². The number of carbonyl (C=O) groups is 1. The number of para-hydroxylation sites is 1. The summed E-state index contributed by atoms with van der Waals surface area (Å²) in [6.45, 7) is 0. The molecule has 0 bridgehead atoms. The highest BCUT2D eigenvalue weighted by Crippen LogP contribution is 2.33. The Balaban J connectivity index is 1.89. The maximum absolute atomic E-state index is 13.3. The van der Waals surface area contributed by atoms with Gasteiger partial charge in [0.15, 0.2) is 5.16 Å². The number of Topliss-reactive ketones (excluding diaryl/α,β-unsaturated/α-hetero) is 1. The summed E-state index contributed by atoms with van der Waals surface area (Å²) < 4.78 is 6.76. The number of halogens is 1. The van der Waals surface area contributed by atoms with Crippen molar-refractivity contribution < 1.29 is 9.53 Å². The molecule has 1 fully saturated rings. The van der Waals surface area contributed by atoms with E-state index in [1.165, 1.54) is 11.8 Å². The number of ether oxygens (including phenoxy) is 1. The molecule has 28 heavy (non-hydrogen) atoms. The molecule has 144 valence electrons. The van der Waals surface area contributed by atoms with Crippen LogP contribution in [0, 0.1) is 0 Å². The lowest BCUT2D eigenvalue weighted by molar-refractivity contribution is -0.119. The molecule has 2 aromatic carbocycles. The van der Waals surface area contributed by atoms with E-state index in [2.05, 4.69) is 0 Å². The fraction of sp³-hybridized carbons (Fsp3) is 0.286. The number of carbonyl (C=O) groups excluding carboxylic acids is 1. The number of fused-ring (bicyclic) bond motifs is 1. The molecular weight excluding hydrogens is 396 g/mol. The highest BCUT2D eigenvalue weighted by Gasteiger charge is 2.26. The first-order chi connectivity index (χ1) is 13.6. The SMILES string of the molecule is COc1ccc(-n2c(S[C@H]3CCCCC3=O)nc3ccccc3c2=O)cc1Cl. The standard InChI is InChI=1S/C21H19ClN2O3S/c1-27-18-11-10-13(12-15(18)22)24-20(26)14-6-2-3-7-16(14)23-21(24)28-19-9-5-4-8-17(19)25/h2-3,6-7,10-12,19H,4-5,8-9H2,1H3/t19-/m0/s1. The molecule has 1 heterocycles. The largest absolute Gasteiger partial charge is 0.495 e. The second-order valence-corrected chi connectivity index (χ2v) is 8.27. The normalized spacial score (nSPS) is 17.1. The molecule has 0 amide bonds. The molecule has 1 aliphatic carbocycles. The lowest BCUT2D eigenvalue weighted by atomic mass is 9.99. The molecule has 0 aliphatic heterocycles. The van der Waals surface area contributed by atoms with E-state index >= 15 is 0 Å². The predicted octanol–water partition coefficient (Wildman–Crippen LogP) is 4.65. The summed E-state index contributed by atoms with van der Waals surface area (Å²) in [7, 11) is 1.54. The monoisotopic (exact) mass is 414 g/mol. The molecule has 0 saturated heterocycles. The molecule has 0 radical (unpaired) electrons. The Hall–Kier alpha value is -2.31. The van der Waals surface area contributed by atoms with Gasteiger partial charge < -0.3 is 4.74 Å². The van der Waals surface area contributed by atoms with Gasteiger partial charge in [-0.2, -0.15) is 0 Å². The Morgan fingerprint density at radius 3 is 2.75 bits per heavy atom. The highest BCUT2D eigenvalue weighted by molar-refractivity contribution is 8.00. The first kappa shape index (κ1) is 19.0. The smallest absolute Gasteiger partial charge is 0.266 e. The maximum Gasteiger partial charge on any atom is 0.266 e. The summed E-state index contributed by atoms with van der Waals surface area (Å²) in [6, 6.07) is 12.4. The summed E-state index contributed by atoms with van der Waals surface area (Å²) in [5, 5.41) is 1.26. The summed E-state index contributed by atoms with van der Waals surface area (Å²) in [4.78, 5) is 30.4. The Morgan fingerprint density at radius 2 is 2.00 bits per heavy atom. The fourth-order valence-corrected chi connectivity index (χ4v) is 4.90. The van der Waals surface area contributed by atoms with Gasteiger partial charge in [-0.25, -0.2) is 4.98 Å². The summed E-state index contributed by atoms with van der Waals surface area (Å²) in [6.07, 6.45) is 3.33. The zero-order valence-electron chi connectivity index (χ0n) is 15.4. The Kier molecular flexibility index (Phi) is 5.42. The van der Waals surface area contributed by atoms with Gasteiger partial charge in [0.1, 0.15) is 11.5 Å². The van der Waals surface area contributed by atoms with E-state index in [-0.39, 0.29) is 16.6 Å². The number of ketones is 1. The van der Waals surface area contributed by atoms with Crippen molar-refractivity contribution in [3.63, 3.8) is 0 Å². The van der Waals surface area contributed by atoms with Crippen LogP contribution in [0.4, 0.5) is 0 Å². The van der Waals surface area contributed by atoms with Gasteiger partial charge >= 0.3 is 0 Å². The maximum atomic E-state index is 13.3. The third kappa shape index (κ3) is 3.54. The van der Waals surface area contributed by atoms with Crippen LogP contribution in [0.2, 0.25) is 5.02 Å². The van der Waals surface area contributed by atoms with Crippen molar-refractivity contribution >= 4 is 40.0 Å². The lowest BCUT2D eigenvalue weighted by Crippen LogP contribution is -2.26. The minimum absolute atomic E-state index is 0.179. The summed E-state index contributed by atoms with van der Waals surface area (Å²) >= 11 is 7.66. The quantitative estimate of drug-likeness (QED) is 0.581. The van der Waals surface area contributed by atoms with Gasteiger partial charge in [-0.05, 0) is 43.2 Å². The van der Waals surface area contributed by atoms with Crippen molar-refractivity contribution in [2.24, 2.45) is 0 Å². The van der Waals surface area contributed by atoms with E-state index in [1.54, 1.807) is 35.9 Å². The summed E-state index contributed by atoms with van der Waals surface area (Å²) in [5.41, 5.74) is 1.03. The first-order valence-electron chi connectivity index (χ1n) is 9.13. The van der Waals surface area contributed by atoms with Gasteiger partial charge in [-0.15, -0.1) is 0 Å². The van der Waals surface area contributed by atoms with Crippen molar-refractivity contribution in [3.8, 4) is 11.4 Å². The van der Waals surface area contributed by atoms with Crippen molar-refractivity contribution in [1.82, 2.24) is 9.55 Å². The molecular formula is C21H19ClN2O3S. The van der Waals surface area contributed by atoms with Crippen molar-refractivity contribution in [2.75, 3.05) is 7.11 Å². The van der Waals surface area contributed by atoms with Crippen LogP contribution in [0.1, 0.15) is 25.7 Å². The van der Waals surface area contributed by atoms with E-state index in [0.29, 0.717) is 38.9 Å². The number of thioether (sulfide) groups is 1. The van der Waals surface area contributed by atoms with Gasteiger partial charge in [0.2, 0.25) is 0 Å². The van der Waals surface area contributed by atoms with Gasteiger partial charge in [-0.3, -0.25) is 14.2 Å². The van der Waals surface area contributed by atoms with E-state index < -0.39 is 0 Å². The van der Waals surface area contributed by atoms with Crippen LogP contribution in [0.15, 0.2) is 52.4 Å². The van der Waals surface area contributed by atoms with Crippen LogP contribution >= 0.6 is 23.4 Å². The average Bonchev–Trinajstić information content (AvgIpc) is 2.70. The lowest BCUT2D eigenvalue weighted by Gasteiger charge is -2.21. The third-order valence-electron chi connectivity index (χ3n) is 4.88. The fourth-order valence-electron chi connectivity index (χ4n) is 3.42. The van der Waals surface area contributed by atoms with E-state index in [0.717, 1.165) is 19.3 Å². The first-order valence-corrected chi connectivity index (χ1v) is 10.4. The van der Waals surface area contributed by atoms with Crippen LogP contribution in [0.3, 0.4) is 0 Å². The van der Waals surface area contributed by atoms with E-state index in [9.17, 15) is 9.59 Å². The molecule has 7 heteroatoms. The Labute approximate surface area is 171 Å². The number of aromatic nitrogens is 2. The zero-order chi connectivity index (χ0) is 19.7. The third-order valence-corrected chi connectivity index (χ3v) is 6.45. The summed E-state index contributed by atoms with van der Waals surface area (Å²) in [5.74, 6) is 0.752. The van der Waals surface area contributed by atoms with Crippen molar-refractivity contribution in [3.05, 3.63) is 57.8 Å². The van der Waals surface area contributed by atoms with Crippen LogP contribution in [0.25, 0.3) is 16.6 Å². The Bertz CT molecular complexity index is 1110. The number of nitrogens with zero attached hydrogens (tertiary/aromatic N) is 2. The van der Waals surface area contributed by atoms with Crippen LogP contribution < -0.4 is 10.3 Å². The number of methoxy groups -OCH3 is 1. The van der Waals surface area contributed by atoms with Crippen LogP contribution in [0.5, 0.6) is 5.75 Å². The minimum Gasteiger partial charge on any atom is -0.495 e. The molecule has 0 N–H and O–H groups in total. The molecule has 0 unspecified atom stereocenters. The second kappa shape index (κ2) is 7.97. The molecule has 1 aliphatic rings. The Morgan fingerprint density at radius 1 is 1.18 bits per heavy atom. The van der Waals surface area contributed by atoms with Gasteiger partial charge in [0.05, 0.1) is 34.0 Å². The van der Waals surface area contributed by atoms with Crippen LogP contribution in [-0.2, 0) is 4.79 Å². The second-order valence-electron chi connectivity index (χ2n) is 6.69. The van der Waals surface area contributed by atoms with Gasteiger partial charge in [0.25, 0.3) is 5.56 Å². The number of rotatable bonds is 4. The minimum atomic E-state index is -0.183. The van der Waals surface area contributed by atoms with E-state index in [1.807, 2.05) is 18.2 Å². The molecule has 1 aromatic heterocycles. The number of benzene rings is 2. The number of hydrogen-bond donors (Lipinski definition) is 0. The highest BCUT2D eigenvalue weighted by atomic mass is 35.5. The topological polar surface area (TPSA) is 61.2 Å². The van der Waals surface area contributed by atoms with Gasteiger partial charge in [-0.1, -0.05) is 41.9 Å². The molecule has 5 nitrogen and oxygen atoms in total. The number of hydrogen-bond acceptors (Lipinski definition) is 5. The van der Waals surface area contributed by atoms with Crippen molar-refractivity contribution in [2.45, 2.75) is 36.1 Å². The molecule has 0 spiro atoms. The van der Waals surface area contributed by atoms with E-state index in [4.69, 9.17) is 21.3 Å². The predicted molar refractivity (Wildman–Crippen MR) is 112 cm³/mol. The molecule has 1 atom stereocenters. The molecule has 1 saturated carbocycles. The van der Waals surface area contributed by atoms with Gasteiger partial charge in [0, 0.05) is 6.42 Å². The zero-order valence-corrected chi connectivity index (χ0v) is 16.9. The average molecular weight is 415 g/mol. The molecule has 4 rings (SSSR count). The molecule has 3 aromatic rings. The van der Waals surface area contributed by atoms with Crippen LogP contribution in [-0.4, -0.2) is 27.7 Å².